The van der Waals surface area contributed by atoms with E-state index in [-0.39, 0.29) is 23.4 Å². The number of ether oxygens (including phenoxy) is 1. The van der Waals surface area contributed by atoms with Crippen LogP contribution in [0.4, 0.5) is 5.00 Å². The van der Waals surface area contributed by atoms with Crippen LogP contribution in [0.2, 0.25) is 5.02 Å². The van der Waals surface area contributed by atoms with Gasteiger partial charge < -0.3 is 14.5 Å². The van der Waals surface area contributed by atoms with Crippen molar-refractivity contribution in [2.45, 2.75) is 32.6 Å². The highest BCUT2D eigenvalue weighted by atomic mass is 35.5. The lowest BCUT2D eigenvalue weighted by atomic mass is 9.95. The molecule has 0 atom stereocenters. The van der Waals surface area contributed by atoms with Crippen molar-refractivity contribution in [2.24, 2.45) is 0 Å². The molecule has 0 bridgehead atoms. The van der Waals surface area contributed by atoms with Crippen molar-refractivity contribution in [3.63, 3.8) is 0 Å². The largest absolute Gasteiger partial charge is 0.462 e. The van der Waals surface area contributed by atoms with Crippen molar-refractivity contribution in [1.29, 1.82) is 0 Å². The molecule has 0 fully saturated rings. The van der Waals surface area contributed by atoms with Crippen LogP contribution in [0.1, 0.15) is 51.1 Å². The van der Waals surface area contributed by atoms with Crippen molar-refractivity contribution in [3.05, 3.63) is 61.3 Å². The lowest BCUT2D eigenvalue weighted by Gasteiger charge is -2.12. The zero-order valence-corrected chi connectivity index (χ0v) is 17.2. The maximum atomic E-state index is 12.8. The summed E-state index contributed by atoms with van der Waals surface area (Å²) in [4.78, 5) is 38.8. The maximum absolute atomic E-state index is 12.8. The molecule has 1 aliphatic carbocycles. The first kappa shape index (κ1) is 19.7. The molecular weight excluding hydrogens is 414 g/mol. The fraction of sp³-hybridized carbons (Fsp3) is 0.286. The van der Waals surface area contributed by atoms with Crippen LogP contribution >= 0.6 is 22.9 Å². The van der Waals surface area contributed by atoms with Crippen LogP contribution in [0.3, 0.4) is 0 Å². The number of aryl methyl sites for hydroxylation is 1. The number of hydrogen-bond acceptors (Lipinski definition) is 6. The average Bonchev–Trinajstić information content (AvgIpc) is 3.06. The standard InChI is InChI=1S/C21H18ClNO5S/c1-2-27-21(26)18-12-5-3-4-6-17(12)29-20(18)23-19(25)16-10-14(24)13-9-11(22)7-8-15(13)28-16/h7-10H,2-6H2,1H3,(H,23,25). The van der Waals surface area contributed by atoms with Gasteiger partial charge >= 0.3 is 5.97 Å². The fourth-order valence-electron chi connectivity index (χ4n) is 3.48. The number of fused-ring (bicyclic) bond motifs is 2. The van der Waals surface area contributed by atoms with E-state index < -0.39 is 11.9 Å². The topological polar surface area (TPSA) is 85.6 Å². The zero-order chi connectivity index (χ0) is 20.5. The summed E-state index contributed by atoms with van der Waals surface area (Å²) in [5, 5.41) is 3.88. The van der Waals surface area contributed by atoms with Crippen molar-refractivity contribution in [2.75, 3.05) is 11.9 Å². The van der Waals surface area contributed by atoms with Crippen molar-refractivity contribution in [1.82, 2.24) is 0 Å². The summed E-state index contributed by atoms with van der Waals surface area (Å²) in [6.45, 7) is 1.99. The molecular formula is C21H18ClNO5S. The summed E-state index contributed by atoms with van der Waals surface area (Å²) >= 11 is 7.30. The first-order valence-electron chi connectivity index (χ1n) is 9.34. The summed E-state index contributed by atoms with van der Waals surface area (Å²) < 4.78 is 10.8. The second-order valence-corrected chi connectivity index (χ2v) is 8.25. The van der Waals surface area contributed by atoms with E-state index in [9.17, 15) is 14.4 Å². The molecule has 1 aromatic carbocycles. The Kier molecular flexibility index (Phi) is 5.43. The number of benzene rings is 1. The number of carbonyl (C=O) groups is 2. The van der Waals surface area contributed by atoms with Gasteiger partial charge in [0, 0.05) is 16.0 Å². The lowest BCUT2D eigenvalue weighted by Crippen LogP contribution is -2.17. The van der Waals surface area contributed by atoms with E-state index in [4.69, 9.17) is 20.8 Å². The summed E-state index contributed by atoms with van der Waals surface area (Å²) in [5.41, 5.74) is 1.26. The Balaban J connectivity index is 1.71. The molecule has 150 valence electrons. The number of hydrogen-bond donors (Lipinski definition) is 1. The zero-order valence-electron chi connectivity index (χ0n) is 15.7. The number of amides is 1. The first-order chi connectivity index (χ1) is 14.0. The predicted octanol–water partition coefficient (Wildman–Crippen LogP) is 4.82. The molecule has 1 aliphatic rings. The van der Waals surface area contributed by atoms with Gasteiger partial charge in [-0.15, -0.1) is 11.3 Å². The van der Waals surface area contributed by atoms with E-state index in [0.29, 0.717) is 21.0 Å². The number of nitrogens with one attached hydrogen (secondary N) is 1. The lowest BCUT2D eigenvalue weighted by molar-refractivity contribution is 0.0526. The van der Waals surface area contributed by atoms with E-state index in [0.717, 1.165) is 42.2 Å². The smallest absolute Gasteiger partial charge is 0.341 e. The van der Waals surface area contributed by atoms with Gasteiger partial charge in [-0.2, -0.15) is 0 Å². The van der Waals surface area contributed by atoms with Gasteiger partial charge in [0.2, 0.25) is 0 Å². The highest BCUT2D eigenvalue weighted by Gasteiger charge is 2.28. The Hall–Kier alpha value is -2.64. The van der Waals surface area contributed by atoms with Gasteiger partial charge in [-0.1, -0.05) is 11.6 Å². The molecule has 6 nitrogen and oxygen atoms in total. The Morgan fingerprint density at radius 2 is 2.03 bits per heavy atom. The number of rotatable bonds is 4. The van der Waals surface area contributed by atoms with Gasteiger partial charge in [0.25, 0.3) is 5.91 Å². The van der Waals surface area contributed by atoms with Crippen molar-refractivity contribution in [3.8, 4) is 0 Å². The van der Waals surface area contributed by atoms with Crippen molar-refractivity contribution < 1.29 is 18.7 Å². The van der Waals surface area contributed by atoms with Crippen LogP contribution < -0.4 is 10.7 Å². The number of halogens is 1. The molecule has 0 radical (unpaired) electrons. The van der Waals surface area contributed by atoms with Gasteiger partial charge in [0.05, 0.1) is 17.6 Å². The minimum atomic E-state index is -0.594. The van der Waals surface area contributed by atoms with Crippen LogP contribution in [0.25, 0.3) is 11.0 Å². The molecule has 8 heteroatoms. The van der Waals surface area contributed by atoms with Gasteiger partial charge in [0.15, 0.2) is 11.2 Å². The molecule has 1 amide bonds. The summed E-state index contributed by atoms with van der Waals surface area (Å²) in [7, 11) is 0. The van der Waals surface area contributed by atoms with Crippen LogP contribution in [-0.2, 0) is 17.6 Å². The molecule has 0 saturated carbocycles. The number of anilines is 1. The number of thiophene rings is 1. The maximum Gasteiger partial charge on any atom is 0.341 e. The SMILES string of the molecule is CCOC(=O)c1c(NC(=O)c2cc(=O)c3cc(Cl)ccc3o2)sc2c1CCCC2. The molecule has 2 aromatic heterocycles. The number of esters is 1. The third-order valence-electron chi connectivity index (χ3n) is 4.79. The monoisotopic (exact) mass is 431 g/mol. The minimum Gasteiger partial charge on any atom is -0.462 e. The highest BCUT2D eigenvalue weighted by molar-refractivity contribution is 7.17. The Labute approximate surface area is 175 Å². The Morgan fingerprint density at radius 3 is 2.83 bits per heavy atom. The molecule has 2 heterocycles. The van der Waals surface area contributed by atoms with Crippen LogP contribution in [-0.4, -0.2) is 18.5 Å². The highest BCUT2D eigenvalue weighted by Crippen LogP contribution is 2.38. The first-order valence-corrected chi connectivity index (χ1v) is 10.5. The molecule has 0 saturated heterocycles. The van der Waals surface area contributed by atoms with E-state index >= 15 is 0 Å². The Morgan fingerprint density at radius 1 is 1.24 bits per heavy atom. The van der Waals surface area contributed by atoms with Gasteiger partial charge in [-0.25, -0.2) is 4.79 Å². The fourth-order valence-corrected chi connectivity index (χ4v) is 4.92. The van der Waals surface area contributed by atoms with E-state index in [1.807, 2.05) is 0 Å². The van der Waals surface area contributed by atoms with Gasteiger partial charge in [0.1, 0.15) is 10.6 Å². The normalized spacial score (nSPS) is 13.2. The average molecular weight is 432 g/mol. The minimum absolute atomic E-state index is 0.133. The van der Waals surface area contributed by atoms with Crippen LogP contribution in [0.5, 0.6) is 0 Å². The third kappa shape index (κ3) is 3.80. The van der Waals surface area contributed by atoms with E-state index in [1.165, 1.54) is 17.4 Å². The summed E-state index contributed by atoms with van der Waals surface area (Å²) in [6, 6.07) is 5.76. The quantitative estimate of drug-likeness (QED) is 0.599. The molecule has 4 rings (SSSR count). The molecule has 0 spiro atoms. The van der Waals surface area contributed by atoms with E-state index in [1.54, 1.807) is 19.1 Å². The molecule has 3 aromatic rings. The predicted molar refractivity (Wildman–Crippen MR) is 112 cm³/mol. The molecule has 1 N–H and O–H groups in total. The summed E-state index contributed by atoms with van der Waals surface area (Å²) in [5.74, 6) is -1.18. The second kappa shape index (κ2) is 8.00. The van der Waals surface area contributed by atoms with E-state index in [2.05, 4.69) is 5.32 Å². The number of carbonyl (C=O) groups excluding carboxylic acids is 2. The van der Waals surface area contributed by atoms with Crippen LogP contribution in [0.15, 0.2) is 33.5 Å². The molecule has 0 aliphatic heterocycles. The summed E-state index contributed by atoms with van der Waals surface area (Å²) in [6.07, 6.45) is 3.69. The van der Waals surface area contributed by atoms with Crippen molar-refractivity contribution >= 4 is 50.8 Å². The molecule has 29 heavy (non-hydrogen) atoms. The van der Waals surface area contributed by atoms with Gasteiger partial charge in [-0.05, 0) is 56.4 Å². The second-order valence-electron chi connectivity index (χ2n) is 6.70. The van der Waals surface area contributed by atoms with Gasteiger partial charge in [-0.3, -0.25) is 9.59 Å². The Bertz CT molecular complexity index is 1180. The molecule has 0 unspecified atom stereocenters. The van der Waals surface area contributed by atoms with Crippen LogP contribution in [0, 0.1) is 0 Å². The third-order valence-corrected chi connectivity index (χ3v) is 6.23.